The average Bonchev–Trinajstić information content (AvgIpc) is 2.64. The van der Waals surface area contributed by atoms with Crippen LogP contribution in [0.25, 0.3) is 0 Å². The van der Waals surface area contributed by atoms with E-state index in [1.165, 1.54) is 18.7 Å². The number of fused-ring (bicyclic) bond motifs is 1. The molecule has 1 aromatic carbocycles. The molecule has 3 rings (SSSR count). The molecule has 0 aliphatic carbocycles. The molecule has 8 nitrogen and oxygen atoms in total. The van der Waals surface area contributed by atoms with E-state index in [1.54, 1.807) is 37.3 Å². The van der Waals surface area contributed by atoms with Crippen molar-refractivity contribution in [3.05, 3.63) is 62.3 Å². The summed E-state index contributed by atoms with van der Waals surface area (Å²) < 4.78 is 7.23. The summed E-state index contributed by atoms with van der Waals surface area (Å²) in [4.78, 5) is 50.2. The van der Waals surface area contributed by atoms with Gasteiger partial charge >= 0.3 is 11.7 Å². The predicted octanol–water partition coefficient (Wildman–Crippen LogP) is 0.347. The zero-order valence-corrected chi connectivity index (χ0v) is 14.7. The van der Waals surface area contributed by atoms with Gasteiger partial charge in [0.25, 0.3) is 5.56 Å². The van der Waals surface area contributed by atoms with Crippen molar-refractivity contribution in [3.8, 4) is 0 Å². The Hall–Kier alpha value is -3.16. The topological polar surface area (TPSA) is 99.4 Å². The van der Waals surface area contributed by atoms with Crippen LogP contribution < -0.4 is 16.6 Å². The highest BCUT2D eigenvalue weighted by Crippen LogP contribution is 2.38. The molecule has 1 N–H and O–H groups in total. The second-order valence-electron chi connectivity index (χ2n) is 6.08. The molecule has 1 aliphatic rings. The van der Waals surface area contributed by atoms with Gasteiger partial charge in [-0.05, 0) is 12.5 Å². The molecule has 0 bridgehead atoms. The number of nitrogens with zero attached hydrogens (tertiary/aromatic N) is 2. The maximum absolute atomic E-state index is 12.8. The third-order valence-corrected chi connectivity index (χ3v) is 4.57. The summed E-state index contributed by atoms with van der Waals surface area (Å²) in [6.45, 7) is 1.76. The molecule has 1 aromatic heterocycles. The van der Waals surface area contributed by atoms with E-state index in [0.717, 1.165) is 4.57 Å². The van der Waals surface area contributed by atoms with Crippen LogP contribution in [0.4, 0.5) is 5.82 Å². The fourth-order valence-corrected chi connectivity index (χ4v) is 3.31. The third kappa shape index (κ3) is 2.63. The van der Waals surface area contributed by atoms with E-state index in [0.29, 0.717) is 5.56 Å². The van der Waals surface area contributed by atoms with Crippen LogP contribution in [-0.2, 0) is 28.4 Å². The van der Waals surface area contributed by atoms with E-state index in [9.17, 15) is 19.2 Å². The van der Waals surface area contributed by atoms with E-state index >= 15 is 0 Å². The maximum atomic E-state index is 12.8. The van der Waals surface area contributed by atoms with Crippen LogP contribution in [0.2, 0.25) is 0 Å². The first-order valence-corrected chi connectivity index (χ1v) is 8.20. The highest BCUT2D eigenvalue weighted by atomic mass is 16.5. The zero-order chi connectivity index (χ0) is 19.0. The largest absolute Gasteiger partial charge is 0.465 e. The van der Waals surface area contributed by atoms with Crippen molar-refractivity contribution in [2.24, 2.45) is 20.0 Å². The molecule has 0 unspecified atom stereocenters. The second-order valence-corrected chi connectivity index (χ2v) is 6.08. The predicted molar refractivity (Wildman–Crippen MR) is 94.0 cm³/mol. The third-order valence-electron chi connectivity index (χ3n) is 4.57. The van der Waals surface area contributed by atoms with Gasteiger partial charge in [-0.15, -0.1) is 0 Å². The standard InChI is InChI=1S/C18H19N3O5/c1-4-26-17(24)13-11(10-8-6-5-7-9-10)12-14(19-15(13)22)20(2)18(25)21(3)16(12)23/h5-9,11,13H,4H2,1-3H3,(H,19,22)/t11-,13-/m0/s1. The van der Waals surface area contributed by atoms with Gasteiger partial charge in [0.1, 0.15) is 11.7 Å². The number of hydrogen-bond acceptors (Lipinski definition) is 5. The lowest BCUT2D eigenvalue weighted by Gasteiger charge is -2.32. The van der Waals surface area contributed by atoms with Crippen molar-refractivity contribution in [1.82, 2.24) is 9.13 Å². The summed E-state index contributed by atoms with van der Waals surface area (Å²) in [6.07, 6.45) is 0. The first-order valence-electron chi connectivity index (χ1n) is 8.20. The Morgan fingerprint density at radius 2 is 1.77 bits per heavy atom. The molecule has 26 heavy (non-hydrogen) atoms. The van der Waals surface area contributed by atoms with Gasteiger partial charge in [0.2, 0.25) is 5.91 Å². The van der Waals surface area contributed by atoms with Gasteiger partial charge in [-0.25, -0.2) is 4.79 Å². The van der Waals surface area contributed by atoms with Crippen LogP contribution in [0.5, 0.6) is 0 Å². The number of carbonyl (C=O) groups excluding carboxylic acids is 2. The van der Waals surface area contributed by atoms with E-state index in [1.807, 2.05) is 0 Å². The number of anilines is 1. The molecule has 2 heterocycles. The molecule has 136 valence electrons. The number of aromatic nitrogens is 2. The first-order chi connectivity index (χ1) is 12.4. The minimum Gasteiger partial charge on any atom is -0.465 e. The highest BCUT2D eigenvalue weighted by molar-refractivity contribution is 6.08. The Balaban J connectivity index is 2.34. The SMILES string of the molecule is CCOC(=O)[C@@H]1C(=O)Nc2c(c(=O)n(C)c(=O)n2C)[C@@H]1c1ccccc1. The lowest BCUT2D eigenvalue weighted by molar-refractivity contribution is -0.151. The van der Waals surface area contributed by atoms with Crippen molar-refractivity contribution in [2.75, 3.05) is 11.9 Å². The Morgan fingerprint density at radius 1 is 1.12 bits per heavy atom. The number of hydrogen-bond donors (Lipinski definition) is 1. The van der Waals surface area contributed by atoms with Gasteiger partial charge in [0, 0.05) is 20.0 Å². The molecule has 2 aromatic rings. The van der Waals surface area contributed by atoms with E-state index in [4.69, 9.17) is 4.74 Å². The highest BCUT2D eigenvalue weighted by Gasteiger charge is 2.45. The van der Waals surface area contributed by atoms with Crippen LogP contribution >= 0.6 is 0 Å². The van der Waals surface area contributed by atoms with Crippen LogP contribution in [0.15, 0.2) is 39.9 Å². The molecule has 0 fully saturated rings. The zero-order valence-electron chi connectivity index (χ0n) is 14.7. The summed E-state index contributed by atoms with van der Waals surface area (Å²) in [5.41, 5.74) is -0.294. The summed E-state index contributed by atoms with van der Waals surface area (Å²) >= 11 is 0. The number of nitrogens with one attached hydrogen (secondary N) is 1. The van der Waals surface area contributed by atoms with E-state index in [-0.39, 0.29) is 18.0 Å². The lowest BCUT2D eigenvalue weighted by Crippen LogP contribution is -2.49. The summed E-state index contributed by atoms with van der Waals surface area (Å²) in [7, 11) is 2.83. The average molecular weight is 357 g/mol. The van der Waals surface area contributed by atoms with Gasteiger partial charge in [-0.1, -0.05) is 30.3 Å². The lowest BCUT2D eigenvalue weighted by atomic mass is 9.78. The Morgan fingerprint density at radius 3 is 2.38 bits per heavy atom. The molecule has 2 atom stereocenters. The fourth-order valence-electron chi connectivity index (χ4n) is 3.31. The Bertz CT molecular complexity index is 990. The molecule has 0 radical (unpaired) electrons. The van der Waals surface area contributed by atoms with Gasteiger partial charge in [-0.2, -0.15) is 0 Å². The maximum Gasteiger partial charge on any atom is 0.332 e. The number of rotatable bonds is 3. The molecular formula is C18H19N3O5. The van der Waals surface area contributed by atoms with Gasteiger partial charge in [0.05, 0.1) is 12.2 Å². The number of benzene rings is 1. The van der Waals surface area contributed by atoms with Gasteiger partial charge < -0.3 is 10.1 Å². The minimum atomic E-state index is -1.21. The summed E-state index contributed by atoms with van der Waals surface area (Å²) in [6, 6.07) is 8.80. The molecular weight excluding hydrogens is 338 g/mol. The molecule has 0 spiro atoms. The van der Waals surface area contributed by atoms with Crippen molar-refractivity contribution >= 4 is 17.7 Å². The fraction of sp³-hybridized carbons (Fsp3) is 0.333. The normalized spacial score (nSPS) is 18.8. The second kappa shape index (κ2) is 6.62. The van der Waals surface area contributed by atoms with Crippen LogP contribution in [0, 0.1) is 5.92 Å². The van der Waals surface area contributed by atoms with Crippen LogP contribution in [0.3, 0.4) is 0 Å². The number of carbonyl (C=O) groups is 2. The monoisotopic (exact) mass is 357 g/mol. The number of amides is 1. The van der Waals surface area contributed by atoms with Crippen molar-refractivity contribution in [3.63, 3.8) is 0 Å². The van der Waals surface area contributed by atoms with Crippen molar-refractivity contribution in [2.45, 2.75) is 12.8 Å². The van der Waals surface area contributed by atoms with Gasteiger partial charge in [-0.3, -0.25) is 23.5 Å². The van der Waals surface area contributed by atoms with Gasteiger partial charge in [0.15, 0.2) is 0 Å². The molecule has 1 aliphatic heterocycles. The molecule has 0 saturated carbocycles. The summed E-state index contributed by atoms with van der Waals surface area (Å²) in [5.74, 6) is -3.26. The van der Waals surface area contributed by atoms with Crippen molar-refractivity contribution in [1.29, 1.82) is 0 Å². The quantitative estimate of drug-likeness (QED) is 0.631. The Kier molecular flexibility index (Phi) is 4.50. The van der Waals surface area contributed by atoms with E-state index in [2.05, 4.69) is 5.32 Å². The van der Waals surface area contributed by atoms with E-state index < -0.39 is 35.0 Å². The molecule has 1 amide bonds. The Labute approximate surface area is 149 Å². The number of esters is 1. The molecule has 0 saturated heterocycles. The van der Waals surface area contributed by atoms with Crippen LogP contribution in [-0.4, -0.2) is 27.6 Å². The van der Waals surface area contributed by atoms with Crippen LogP contribution in [0.1, 0.15) is 24.0 Å². The van der Waals surface area contributed by atoms with Crippen molar-refractivity contribution < 1.29 is 14.3 Å². The number of ether oxygens (including phenoxy) is 1. The molecule has 8 heteroatoms. The minimum absolute atomic E-state index is 0.109. The summed E-state index contributed by atoms with van der Waals surface area (Å²) in [5, 5.41) is 2.54. The first kappa shape index (κ1) is 17.7. The smallest absolute Gasteiger partial charge is 0.332 e.